The van der Waals surface area contributed by atoms with Crippen molar-refractivity contribution < 1.29 is 19.0 Å². The van der Waals surface area contributed by atoms with Crippen LogP contribution in [0, 0.1) is 13.8 Å². The first-order valence-corrected chi connectivity index (χ1v) is 6.16. The molecule has 4 heteroatoms. The SMILES string of the molecule is Cc1cc(OCC2=COC(C)(C)O2)cc(C)c1C=O. The molecule has 0 unspecified atom stereocenters. The third kappa shape index (κ3) is 3.08. The van der Waals surface area contributed by atoms with E-state index in [1.807, 2.05) is 39.8 Å². The van der Waals surface area contributed by atoms with Crippen molar-refractivity contribution in [1.29, 1.82) is 0 Å². The van der Waals surface area contributed by atoms with Crippen LogP contribution in [0.15, 0.2) is 24.2 Å². The van der Waals surface area contributed by atoms with Gasteiger partial charge in [-0.15, -0.1) is 0 Å². The van der Waals surface area contributed by atoms with Gasteiger partial charge in [-0.3, -0.25) is 4.79 Å². The van der Waals surface area contributed by atoms with Gasteiger partial charge in [0, 0.05) is 19.4 Å². The van der Waals surface area contributed by atoms with Gasteiger partial charge in [0.1, 0.15) is 18.6 Å². The minimum absolute atomic E-state index is 0.308. The fourth-order valence-electron chi connectivity index (χ4n) is 1.99. The molecule has 0 fully saturated rings. The van der Waals surface area contributed by atoms with Crippen LogP contribution in [0.2, 0.25) is 0 Å². The van der Waals surface area contributed by atoms with Crippen molar-refractivity contribution in [2.24, 2.45) is 0 Å². The molecule has 0 radical (unpaired) electrons. The first kappa shape index (κ1) is 13.5. The average molecular weight is 262 g/mol. The van der Waals surface area contributed by atoms with Crippen LogP contribution >= 0.6 is 0 Å². The van der Waals surface area contributed by atoms with E-state index in [4.69, 9.17) is 14.2 Å². The highest BCUT2D eigenvalue weighted by Gasteiger charge is 2.27. The molecular formula is C15H18O4. The van der Waals surface area contributed by atoms with Gasteiger partial charge < -0.3 is 14.2 Å². The number of aldehydes is 1. The fraction of sp³-hybridized carbons (Fsp3) is 0.400. The van der Waals surface area contributed by atoms with E-state index in [1.165, 1.54) is 0 Å². The molecule has 1 aliphatic rings. The summed E-state index contributed by atoms with van der Waals surface area (Å²) in [7, 11) is 0. The Morgan fingerprint density at radius 2 is 1.89 bits per heavy atom. The van der Waals surface area contributed by atoms with Crippen molar-refractivity contribution in [2.75, 3.05) is 6.61 Å². The van der Waals surface area contributed by atoms with Gasteiger partial charge in [0.05, 0.1) is 0 Å². The van der Waals surface area contributed by atoms with Gasteiger partial charge >= 0.3 is 0 Å². The molecule has 0 spiro atoms. The highest BCUT2D eigenvalue weighted by molar-refractivity contribution is 5.80. The summed E-state index contributed by atoms with van der Waals surface area (Å²) in [5, 5.41) is 0. The fourth-order valence-corrected chi connectivity index (χ4v) is 1.99. The van der Waals surface area contributed by atoms with Crippen LogP contribution in [0.4, 0.5) is 0 Å². The van der Waals surface area contributed by atoms with Gasteiger partial charge in [-0.1, -0.05) is 0 Å². The summed E-state index contributed by atoms with van der Waals surface area (Å²) < 4.78 is 16.5. The average Bonchev–Trinajstić information content (AvgIpc) is 2.66. The van der Waals surface area contributed by atoms with Crippen LogP contribution in [0.25, 0.3) is 0 Å². The maximum Gasteiger partial charge on any atom is 0.244 e. The van der Waals surface area contributed by atoms with Gasteiger partial charge in [0.2, 0.25) is 5.79 Å². The van der Waals surface area contributed by atoms with Gasteiger partial charge in [-0.2, -0.15) is 0 Å². The van der Waals surface area contributed by atoms with E-state index in [9.17, 15) is 4.79 Å². The second kappa shape index (κ2) is 4.96. The third-order valence-electron chi connectivity index (χ3n) is 2.92. The van der Waals surface area contributed by atoms with Crippen molar-refractivity contribution in [1.82, 2.24) is 0 Å². The van der Waals surface area contributed by atoms with E-state index in [0.29, 0.717) is 17.9 Å². The molecule has 1 aromatic carbocycles. The lowest BCUT2D eigenvalue weighted by atomic mass is 10.0. The van der Waals surface area contributed by atoms with Crippen LogP contribution in [-0.4, -0.2) is 18.7 Å². The molecule has 2 rings (SSSR count). The highest BCUT2D eigenvalue weighted by Crippen LogP contribution is 2.26. The largest absolute Gasteiger partial charge is 0.486 e. The lowest BCUT2D eigenvalue weighted by molar-refractivity contribution is -0.119. The molecule has 19 heavy (non-hydrogen) atoms. The van der Waals surface area contributed by atoms with E-state index >= 15 is 0 Å². The molecule has 0 atom stereocenters. The number of carbonyl (C=O) groups is 1. The topological polar surface area (TPSA) is 44.8 Å². The number of benzene rings is 1. The Bertz CT molecular complexity index is 506. The monoisotopic (exact) mass is 262 g/mol. The zero-order valence-electron chi connectivity index (χ0n) is 11.6. The number of rotatable bonds is 4. The minimum Gasteiger partial charge on any atom is -0.486 e. The molecule has 1 heterocycles. The van der Waals surface area contributed by atoms with Gasteiger partial charge in [0.25, 0.3) is 0 Å². The zero-order valence-corrected chi connectivity index (χ0v) is 11.6. The Morgan fingerprint density at radius 1 is 1.26 bits per heavy atom. The van der Waals surface area contributed by atoms with E-state index in [2.05, 4.69) is 0 Å². The Hall–Kier alpha value is -1.97. The Labute approximate surface area is 113 Å². The zero-order chi connectivity index (χ0) is 14.0. The molecule has 4 nitrogen and oxygen atoms in total. The highest BCUT2D eigenvalue weighted by atomic mass is 16.7. The minimum atomic E-state index is -0.619. The molecular weight excluding hydrogens is 244 g/mol. The second-order valence-electron chi connectivity index (χ2n) is 5.08. The molecule has 102 valence electrons. The standard InChI is InChI=1S/C15H18O4/c1-10-5-12(6-11(2)14(10)7-16)17-8-13-9-18-15(3,4)19-13/h5-7,9H,8H2,1-4H3. The van der Waals surface area contributed by atoms with Gasteiger partial charge in [0.15, 0.2) is 12.0 Å². The van der Waals surface area contributed by atoms with Crippen LogP contribution < -0.4 is 4.74 Å². The molecule has 0 N–H and O–H groups in total. The van der Waals surface area contributed by atoms with Crippen LogP contribution in [0.1, 0.15) is 35.3 Å². The smallest absolute Gasteiger partial charge is 0.244 e. The Balaban J connectivity index is 2.03. The quantitative estimate of drug-likeness (QED) is 0.782. The molecule has 0 bridgehead atoms. The number of carbonyl (C=O) groups excluding carboxylic acids is 1. The summed E-state index contributed by atoms with van der Waals surface area (Å²) in [6, 6.07) is 3.69. The molecule has 1 aromatic rings. The normalized spacial score (nSPS) is 16.3. The first-order chi connectivity index (χ1) is 8.91. The predicted octanol–water partition coefficient (Wildman–Crippen LogP) is 3.12. The number of ether oxygens (including phenoxy) is 3. The van der Waals surface area contributed by atoms with Crippen molar-refractivity contribution in [3.05, 3.63) is 40.8 Å². The van der Waals surface area contributed by atoms with E-state index < -0.39 is 5.79 Å². The van der Waals surface area contributed by atoms with Crippen molar-refractivity contribution in [2.45, 2.75) is 33.5 Å². The summed E-state index contributed by atoms with van der Waals surface area (Å²) in [6.07, 6.45) is 2.44. The van der Waals surface area contributed by atoms with Crippen molar-refractivity contribution in [3.63, 3.8) is 0 Å². The lowest BCUT2D eigenvalue weighted by Gasteiger charge is -2.18. The van der Waals surface area contributed by atoms with E-state index in [-0.39, 0.29) is 0 Å². The van der Waals surface area contributed by atoms with Crippen LogP contribution in [-0.2, 0) is 9.47 Å². The van der Waals surface area contributed by atoms with Crippen molar-refractivity contribution in [3.8, 4) is 5.75 Å². The van der Waals surface area contributed by atoms with Crippen LogP contribution in [0.3, 0.4) is 0 Å². The number of hydrogen-bond donors (Lipinski definition) is 0. The molecule has 0 aromatic heterocycles. The lowest BCUT2D eigenvalue weighted by Crippen LogP contribution is -2.21. The molecule has 0 saturated carbocycles. The number of hydrogen-bond acceptors (Lipinski definition) is 4. The Kier molecular flexibility index (Phi) is 3.51. The van der Waals surface area contributed by atoms with Gasteiger partial charge in [-0.25, -0.2) is 0 Å². The molecule has 0 aliphatic carbocycles. The first-order valence-electron chi connectivity index (χ1n) is 6.16. The maximum atomic E-state index is 10.9. The van der Waals surface area contributed by atoms with E-state index in [0.717, 1.165) is 23.2 Å². The summed E-state index contributed by atoms with van der Waals surface area (Å²) in [6.45, 7) is 7.76. The molecule has 1 aliphatic heterocycles. The Morgan fingerprint density at radius 3 is 2.37 bits per heavy atom. The third-order valence-corrected chi connectivity index (χ3v) is 2.92. The summed E-state index contributed by atoms with van der Waals surface area (Å²) in [5.74, 6) is 0.751. The predicted molar refractivity (Wildman–Crippen MR) is 71.1 cm³/mol. The molecule has 0 saturated heterocycles. The second-order valence-corrected chi connectivity index (χ2v) is 5.08. The summed E-state index contributed by atoms with van der Waals surface area (Å²) in [4.78, 5) is 10.9. The summed E-state index contributed by atoms with van der Waals surface area (Å²) in [5.41, 5.74) is 2.53. The van der Waals surface area contributed by atoms with Crippen LogP contribution in [0.5, 0.6) is 5.75 Å². The number of aryl methyl sites for hydroxylation is 2. The maximum absolute atomic E-state index is 10.9. The summed E-state index contributed by atoms with van der Waals surface area (Å²) >= 11 is 0. The molecule has 0 amide bonds. The van der Waals surface area contributed by atoms with Crippen molar-refractivity contribution >= 4 is 6.29 Å². The van der Waals surface area contributed by atoms with E-state index in [1.54, 1.807) is 6.26 Å². The van der Waals surface area contributed by atoms with Gasteiger partial charge in [-0.05, 0) is 37.1 Å².